The summed E-state index contributed by atoms with van der Waals surface area (Å²) in [5.74, 6) is -0.324. The summed E-state index contributed by atoms with van der Waals surface area (Å²) in [6.45, 7) is 9.69. The van der Waals surface area contributed by atoms with E-state index in [1.54, 1.807) is 6.07 Å². The van der Waals surface area contributed by atoms with Crippen molar-refractivity contribution in [1.82, 2.24) is 10.2 Å². The molecule has 0 heterocycles. The molecule has 0 radical (unpaired) electrons. The fourth-order valence-corrected chi connectivity index (χ4v) is 3.56. The summed E-state index contributed by atoms with van der Waals surface area (Å²) in [4.78, 5) is 29.8. The SMILES string of the molecule is CCCCc1ccc(C(=O)Nc2ccc(N(C)C)c(C(=O)NCCN(CC)CC)c2)cc1. The second-order valence-electron chi connectivity index (χ2n) is 8.16. The van der Waals surface area contributed by atoms with Gasteiger partial charge in [0.1, 0.15) is 0 Å². The third kappa shape index (κ3) is 7.38. The van der Waals surface area contributed by atoms with Crippen molar-refractivity contribution in [1.29, 1.82) is 0 Å². The van der Waals surface area contributed by atoms with E-state index in [1.165, 1.54) is 5.56 Å². The highest BCUT2D eigenvalue weighted by molar-refractivity contribution is 6.06. The van der Waals surface area contributed by atoms with E-state index in [9.17, 15) is 9.59 Å². The number of amides is 2. The van der Waals surface area contributed by atoms with Crippen molar-refractivity contribution < 1.29 is 9.59 Å². The van der Waals surface area contributed by atoms with E-state index in [0.29, 0.717) is 23.4 Å². The van der Waals surface area contributed by atoms with Gasteiger partial charge in [-0.3, -0.25) is 9.59 Å². The average Bonchev–Trinajstić information content (AvgIpc) is 2.80. The van der Waals surface area contributed by atoms with E-state index < -0.39 is 0 Å². The van der Waals surface area contributed by atoms with Gasteiger partial charge in [0, 0.05) is 44.1 Å². The van der Waals surface area contributed by atoms with Crippen molar-refractivity contribution in [2.45, 2.75) is 40.0 Å². The number of nitrogens with zero attached hydrogens (tertiary/aromatic N) is 2. The van der Waals surface area contributed by atoms with Gasteiger partial charge in [-0.2, -0.15) is 0 Å². The predicted molar refractivity (Wildman–Crippen MR) is 134 cm³/mol. The van der Waals surface area contributed by atoms with Crippen molar-refractivity contribution in [3.05, 3.63) is 59.2 Å². The molecule has 6 nitrogen and oxygen atoms in total. The smallest absolute Gasteiger partial charge is 0.255 e. The lowest BCUT2D eigenvalue weighted by atomic mass is 10.1. The summed E-state index contributed by atoms with van der Waals surface area (Å²) in [5, 5.41) is 5.94. The molecule has 0 fully saturated rings. The van der Waals surface area contributed by atoms with Crippen LogP contribution in [0.15, 0.2) is 42.5 Å². The zero-order valence-electron chi connectivity index (χ0n) is 20.2. The number of aryl methyl sites for hydroxylation is 1. The molecular weight excluding hydrogens is 400 g/mol. The molecule has 0 spiro atoms. The van der Waals surface area contributed by atoms with Gasteiger partial charge >= 0.3 is 0 Å². The lowest BCUT2D eigenvalue weighted by Crippen LogP contribution is -2.35. The number of unbranched alkanes of at least 4 members (excludes halogenated alkanes) is 1. The minimum Gasteiger partial charge on any atom is -0.377 e. The molecule has 0 saturated heterocycles. The third-order valence-electron chi connectivity index (χ3n) is 5.62. The van der Waals surface area contributed by atoms with E-state index in [2.05, 4.69) is 36.3 Å². The molecule has 32 heavy (non-hydrogen) atoms. The van der Waals surface area contributed by atoms with E-state index >= 15 is 0 Å². The molecule has 0 unspecified atom stereocenters. The Morgan fingerprint density at radius 1 is 0.906 bits per heavy atom. The van der Waals surface area contributed by atoms with Gasteiger partial charge in [-0.05, 0) is 61.8 Å². The molecular formula is C26H38N4O2. The Bertz CT molecular complexity index is 874. The average molecular weight is 439 g/mol. The Morgan fingerprint density at radius 2 is 1.59 bits per heavy atom. The number of rotatable bonds is 12. The van der Waals surface area contributed by atoms with Gasteiger partial charge in [-0.25, -0.2) is 0 Å². The summed E-state index contributed by atoms with van der Waals surface area (Å²) in [6, 6.07) is 13.2. The Labute approximate surface area is 193 Å². The minimum absolute atomic E-state index is 0.141. The van der Waals surface area contributed by atoms with Crippen LogP contribution in [0, 0.1) is 0 Å². The Kier molecular flexibility index (Phi) is 10.2. The highest BCUT2D eigenvalue weighted by Gasteiger charge is 2.15. The molecule has 0 aromatic heterocycles. The van der Waals surface area contributed by atoms with Crippen molar-refractivity contribution in [2.75, 3.05) is 50.5 Å². The molecule has 0 bridgehead atoms. The van der Waals surface area contributed by atoms with Gasteiger partial charge in [0.15, 0.2) is 0 Å². The summed E-state index contributed by atoms with van der Waals surface area (Å²) in [5.41, 5.74) is 3.80. The standard InChI is InChI=1S/C26H38N4O2/c1-6-9-10-20-11-13-21(14-12-20)25(31)28-22-15-16-24(29(4)5)23(19-22)26(32)27-17-18-30(7-2)8-3/h11-16,19H,6-10,17-18H2,1-5H3,(H,27,32)(H,28,31). The Morgan fingerprint density at radius 3 is 2.19 bits per heavy atom. The highest BCUT2D eigenvalue weighted by atomic mass is 16.2. The summed E-state index contributed by atoms with van der Waals surface area (Å²) >= 11 is 0. The fourth-order valence-electron chi connectivity index (χ4n) is 3.56. The van der Waals surface area contributed by atoms with E-state index in [-0.39, 0.29) is 11.8 Å². The van der Waals surface area contributed by atoms with Gasteiger partial charge in [0.2, 0.25) is 0 Å². The molecule has 0 saturated carbocycles. The zero-order valence-corrected chi connectivity index (χ0v) is 20.2. The van der Waals surface area contributed by atoms with Crippen LogP contribution in [0.2, 0.25) is 0 Å². The molecule has 2 aromatic carbocycles. The topological polar surface area (TPSA) is 64.7 Å². The van der Waals surface area contributed by atoms with Gasteiger partial charge in [-0.1, -0.05) is 39.3 Å². The number of hydrogen-bond acceptors (Lipinski definition) is 4. The van der Waals surface area contributed by atoms with Crippen molar-refractivity contribution in [3.63, 3.8) is 0 Å². The number of anilines is 2. The molecule has 2 rings (SSSR count). The number of hydrogen-bond donors (Lipinski definition) is 2. The first-order valence-electron chi connectivity index (χ1n) is 11.6. The second-order valence-corrected chi connectivity index (χ2v) is 8.16. The minimum atomic E-state index is -0.183. The van der Waals surface area contributed by atoms with Crippen LogP contribution >= 0.6 is 0 Å². The first-order chi connectivity index (χ1) is 15.4. The second kappa shape index (κ2) is 12.9. The van der Waals surface area contributed by atoms with Gasteiger partial charge in [0.25, 0.3) is 11.8 Å². The van der Waals surface area contributed by atoms with Crippen LogP contribution < -0.4 is 15.5 Å². The van der Waals surface area contributed by atoms with Crippen LogP contribution in [-0.2, 0) is 6.42 Å². The number of likely N-dealkylation sites (N-methyl/N-ethyl adjacent to an activating group) is 1. The lowest BCUT2D eigenvalue weighted by molar-refractivity contribution is 0.0948. The van der Waals surface area contributed by atoms with Crippen molar-refractivity contribution >= 4 is 23.2 Å². The van der Waals surface area contributed by atoms with Gasteiger partial charge in [0.05, 0.1) is 5.56 Å². The Balaban J connectivity index is 2.10. The maximum Gasteiger partial charge on any atom is 0.255 e. The number of benzene rings is 2. The van der Waals surface area contributed by atoms with E-state index in [1.807, 2.05) is 55.4 Å². The Hall–Kier alpha value is -2.86. The van der Waals surface area contributed by atoms with E-state index in [4.69, 9.17) is 0 Å². The lowest BCUT2D eigenvalue weighted by Gasteiger charge is -2.20. The fraction of sp³-hybridized carbons (Fsp3) is 0.462. The summed E-state index contributed by atoms with van der Waals surface area (Å²) in [7, 11) is 3.81. The molecule has 2 aromatic rings. The largest absolute Gasteiger partial charge is 0.377 e. The van der Waals surface area contributed by atoms with Crippen LogP contribution in [0.1, 0.15) is 59.9 Å². The third-order valence-corrected chi connectivity index (χ3v) is 5.62. The van der Waals surface area contributed by atoms with Gasteiger partial charge in [-0.15, -0.1) is 0 Å². The summed E-state index contributed by atoms with van der Waals surface area (Å²) < 4.78 is 0. The molecule has 6 heteroatoms. The van der Waals surface area contributed by atoms with Crippen LogP contribution in [0.4, 0.5) is 11.4 Å². The molecule has 0 aliphatic rings. The number of nitrogens with one attached hydrogen (secondary N) is 2. The normalized spacial score (nSPS) is 10.8. The van der Waals surface area contributed by atoms with Crippen molar-refractivity contribution in [3.8, 4) is 0 Å². The number of carbonyl (C=O) groups is 2. The first kappa shape index (κ1) is 25.4. The molecule has 2 N–H and O–H groups in total. The molecule has 0 aliphatic carbocycles. The quantitative estimate of drug-likeness (QED) is 0.515. The predicted octanol–water partition coefficient (Wildman–Crippen LogP) is 4.42. The molecule has 0 atom stereocenters. The highest BCUT2D eigenvalue weighted by Crippen LogP contribution is 2.23. The molecule has 0 aliphatic heterocycles. The monoisotopic (exact) mass is 438 g/mol. The summed E-state index contributed by atoms with van der Waals surface area (Å²) in [6.07, 6.45) is 3.32. The molecule has 174 valence electrons. The number of carbonyl (C=O) groups excluding carboxylic acids is 2. The van der Waals surface area contributed by atoms with E-state index in [0.717, 1.165) is 44.6 Å². The van der Waals surface area contributed by atoms with Crippen LogP contribution in [0.25, 0.3) is 0 Å². The van der Waals surface area contributed by atoms with Crippen LogP contribution in [-0.4, -0.2) is 57.0 Å². The first-order valence-corrected chi connectivity index (χ1v) is 11.6. The maximum atomic E-state index is 12.9. The van der Waals surface area contributed by atoms with Crippen LogP contribution in [0.5, 0.6) is 0 Å². The van der Waals surface area contributed by atoms with Gasteiger partial charge < -0.3 is 20.4 Å². The van der Waals surface area contributed by atoms with Crippen molar-refractivity contribution in [2.24, 2.45) is 0 Å². The molecule has 2 amide bonds. The van der Waals surface area contributed by atoms with Crippen LogP contribution in [0.3, 0.4) is 0 Å². The zero-order chi connectivity index (χ0) is 23.5. The maximum absolute atomic E-state index is 12.9.